The molecule has 0 fully saturated rings. The third kappa shape index (κ3) is 1.21. The van der Waals surface area contributed by atoms with Crippen molar-refractivity contribution in [2.75, 3.05) is 17.6 Å². The Labute approximate surface area is 60.1 Å². The Balaban J connectivity index is 2.81. The topological polar surface area (TPSA) is 55.9 Å². The Morgan fingerprint density at radius 2 is 2.50 bits per heavy atom. The van der Waals surface area contributed by atoms with Gasteiger partial charge in [-0.1, -0.05) is 0 Å². The molecule has 0 bridgehead atoms. The van der Waals surface area contributed by atoms with Gasteiger partial charge in [0.05, 0.1) is 0 Å². The average molecular weight is 140 g/mol. The summed E-state index contributed by atoms with van der Waals surface area (Å²) in [6.07, 6.45) is 1.78. The molecular weight excluding hydrogens is 128 g/mol. The molecule has 4 nitrogen and oxygen atoms in total. The fraction of sp³-hybridized carbons (Fsp3) is 0.500. The summed E-state index contributed by atoms with van der Waals surface area (Å²) < 4.78 is 1.86. The van der Waals surface area contributed by atoms with Gasteiger partial charge in [-0.25, -0.2) is 0 Å². The summed E-state index contributed by atoms with van der Waals surface area (Å²) in [5.41, 5.74) is 5.44. The molecular formula is C6H12N4. The van der Waals surface area contributed by atoms with Crippen LogP contribution >= 0.6 is 0 Å². The van der Waals surface area contributed by atoms with Crippen LogP contribution in [0, 0.1) is 0 Å². The highest BCUT2D eigenvalue weighted by molar-refractivity contribution is 5.38. The first-order valence-corrected chi connectivity index (χ1v) is 3.26. The van der Waals surface area contributed by atoms with Crippen LogP contribution in [0.5, 0.6) is 0 Å². The molecule has 0 saturated heterocycles. The van der Waals surface area contributed by atoms with E-state index in [0.717, 1.165) is 12.5 Å². The average Bonchev–Trinajstić information content (AvgIpc) is 2.13. The second-order valence-electron chi connectivity index (χ2n) is 2.13. The highest BCUT2D eigenvalue weighted by Crippen LogP contribution is 2.06. The van der Waals surface area contributed by atoms with Gasteiger partial charge < -0.3 is 15.6 Å². The van der Waals surface area contributed by atoms with Gasteiger partial charge in [0.1, 0.15) is 5.82 Å². The maximum absolute atomic E-state index is 5.44. The predicted molar refractivity (Wildman–Crippen MR) is 41.8 cm³/mol. The number of imidazole rings is 1. The lowest BCUT2D eigenvalue weighted by Crippen LogP contribution is -2.02. The van der Waals surface area contributed by atoms with Crippen LogP contribution in [-0.4, -0.2) is 16.1 Å². The normalized spacial score (nSPS) is 9.80. The second-order valence-corrected chi connectivity index (χ2v) is 2.13. The summed E-state index contributed by atoms with van der Waals surface area (Å²) in [5, 5.41) is 3.07. The van der Waals surface area contributed by atoms with Gasteiger partial charge in [0.25, 0.3) is 0 Å². The number of aromatic nitrogens is 2. The lowest BCUT2D eigenvalue weighted by Gasteiger charge is -1.99. The van der Waals surface area contributed by atoms with Crippen molar-refractivity contribution in [1.82, 2.24) is 9.55 Å². The van der Waals surface area contributed by atoms with E-state index in [1.165, 1.54) is 0 Å². The fourth-order valence-electron chi connectivity index (χ4n) is 0.812. The molecule has 1 aromatic heterocycles. The molecule has 0 atom stereocenters. The van der Waals surface area contributed by atoms with Crippen molar-refractivity contribution < 1.29 is 0 Å². The zero-order valence-corrected chi connectivity index (χ0v) is 6.26. The van der Waals surface area contributed by atoms with E-state index >= 15 is 0 Å². The molecule has 0 aliphatic rings. The van der Waals surface area contributed by atoms with Gasteiger partial charge >= 0.3 is 0 Å². The first kappa shape index (κ1) is 6.92. The third-order valence-corrected chi connectivity index (χ3v) is 1.23. The number of aryl methyl sites for hydroxylation is 1. The molecule has 4 heteroatoms. The van der Waals surface area contributed by atoms with Crippen LogP contribution in [0.3, 0.4) is 0 Å². The molecule has 0 amide bonds. The summed E-state index contributed by atoms with van der Waals surface area (Å²) in [6, 6.07) is 0. The van der Waals surface area contributed by atoms with Crippen LogP contribution in [0.1, 0.15) is 6.92 Å². The smallest absolute Gasteiger partial charge is 0.204 e. The van der Waals surface area contributed by atoms with E-state index < -0.39 is 0 Å². The fourth-order valence-corrected chi connectivity index (χ4v) is 0.812. The van der Waals surface area contributed by atoms with Crippen LogP contribution in [0.25, 0.3) is 0 Å². The van der Waals surface area contributed by atoms with Crippen molar-refractivity contribution in [2.24, 2.45) is 7.05 Å². The quantitative estimate of drug-likeness (QED) is 0.626. The van der Waals surface area contributed by atoms with Gasteiger partial charge in [-0.05, 0) is 6.92 Å². The second kappa shape index (κ2) is 2.60. The maximum atomic E-state index is 5.44. The van der Waals surface area contributed by atoms with E-state index in [4.69, 9.17) is 5.73 Å². The Kier molecular flexibility index (Phi) is 1.80. The van der Waals surface area contributed by atoms with Gasteiger partial charge in [-0.15, -0.1) is 0 Å². The van der Waals surface area contributed by atoms with Crippen molar-refractivity contribution in [2.45, 2.75) is 6.92 Å². The zero-order chi connectivity index (χ0) is 7.56. The minimum absolute atomic E-state index is 0.554. The molecule has 0 saturated carbocycles. The van der Waals surface area contributed by atoms with Crippen molar-refractivity contribution in [3.05, 3.63) is 6.20 Å². The highest BCUT2D eigenvalue weighted by atomic mass is 15.2. The molecule has 0 radical (unpaired) electrons. The summed E-state index contributed by atoms with van der Waals surface area (Å²) in [6.45, 7) is 2.88. The van der Waals surface area contributed by atoms with Crippen molar-refractivity contribution in [1.29, 1.82) is 0 Å². The number of hydrogen-bond acceptors (Lipinski definition) is 3. The Bertz CT molecular complexity index is 216. The molecule has 1 aromatic rings. The van der Waals surface area contributed by atoms with Crippen LogP contribution in [0.4, 0.5) is 11.8 Å². The molecule has 0 spiro atoms. The van der Waals surface area contributed by atoms with E-state index in [0.29, 0.717) is 5.82 Å². The number of rotatable bonds is 2. The largest absolute Gasteiger partial charge is 0.382 e. The monoisotopic (exact) mass is 140 g/mol. The molecule has 0 aromatic carbocycles. The number of nitrogens with zero attached hydrogens (tertiary/aromatic N) is 2. The van der Waals surface area contributed by atoms with Crippen LogP contribution in [0.15, 0.2) is 6.20 Å². The Morgan fingerprint density at radius 1 is 1.80 bits per heavy atom. The first-order chi connectivity index (χ1) is 4.74. The molecule has 56 valence electrons. The van der Waals surface area contributed by atoms with Crippen molar-refractivity contribution in [3.8, 4) is 0 Å². The van der Waals surface area contributed by atoms with Gasteiger partial charge in [0.15, 0.2) is 0 Å². The predicted octanol–water partition coefficient (Wildman–Crippen LogP) is 0.434. The highest BCUT2D eigenvalue weighted by Gasteiger charge is 1.98. The van der Waals surface area contributed by atoms with Gasteiger partial charge in [0, 0.05) is 19.8 Å². The third-order valence-electron chi connectivity index (χ3n) is 1.23. The summed E-state index contributed by atoms with van der Waals surface area (Å²) in [7, 11) is 1.90. The van der Waals surface area contributed by atoms with E-state index in [1.807, 2.05) is 18.5 Å². The van der Waals surface area contributed by atoms with Crippen LogP contribution < -0.4 is 11.1 Å². The lowest BCUT2D eigenvalue weighted by molar-refractivity contribution is 0.907. The van der Waals surface area contributed by atoms with E-state index in [9.17, 15) is 0 Å². The van der Waals surface area contributed by atoms with E-state index in [-0.39, 0.29) is 0 Å². The van der Waals surface area contributed by atoms with Crippen molar-refractivity contribution in [3.63, 3.8) is 0 Å². The summed E-state index contributed by atoms with van der Waals surface area (Å²) in [4.78, 5) is 4.03. The number of nitrogens with two attached hydrogens (primary N) is 1. The van der Waals surface area contributed by atoms with Gasteiger partial charge in [-0.2, -0.15) is 4.98 Å². The molecule has 0 aliphatic carbocycles. The zero-order valence-electron chi connectivity index (χ0n) is 6.26. The number of nitrogens with one attached hydrogen (secondary N) is 1. The molecule has 1 heterocycles. The van der Waals surface area contributed by atoms with Crippen LogP contribution in [0.2, 0.25) is 0 Å². The Hall–Kier alpha value is -1.19. The lowest BCUT2D eigenvalue weighted by atomic mass is 10.7. The SMILES string of the molecule is CCNc1nc(N)cn1C. The summed E-state index contributed by atoms with van der Waals surface area (Å²) in [5.74, 6) is 1.37. The Morgan fingerprint density at radius 3 is 2.90 bits per heavy atom. The minimum atomic E-state index is 0.554. The van der Waals surface area contributed by atoms with Gasteiger partial charge in [-0.3, -0.25) is 0 Å². The number of nitrogen functional groups attached to an aromatic ring is 1. The van der Waals surface area contributed by atoms with E-state index in [2.05, 4.69) is 10.3 Å². The molecule has 3 N–H and O–H groups in total. The molecule has 10 heavy (non-hydrogen) atoms. The minimum Gasteiger partial charge on any atom is -0.382 e. The first-order valence-electron chi connectivity index (χ1n) is 3.26. The molecule has 0 aliphatic heterocycles. The number of anilines is 2. The van der Waals surface area contributed by atoms with Crippen molar-refractivity contribution >= 4 is 11.8 Å². The number of hydrogen-bond donors (Lipinski definition) is 2. The standard InChI is InChI=1S/C6H12N4/c1-3-8-6-9-5(7)4-10(6)2/h4H,3,7H2,1-2H3,(H,8,9). The van der Waals surface area contributed by atoms with Gasteiger partial charge in [0.2, 0.25) is 5.95 Å². The molecule has 1 rings (SSSR count). The van der Waals surface area contributed by atoms with E-state index in [1.54, 1.807) is 6.20 Å². The van der Waals surface area contributed by atoms with Crippen LogP contribution in [-0.2, 0) is 7.05 Å². The maximum Gasteiger partial charge on any atom is 0.204 e. The molecule has 0 unspecified atom stereocenters. The summed E-state index contributed by atoms with van der Waals surface area (Å²) >= 11 is 0.